The van der Waals surface area contributed by atoms with Crippen LogP contribution in [0.1, 0.15) is 0 Å². The Balaban J connectivity index is 0.00000180. The van der Waals surface area contributed by atoms with Crippen LogP contribution in [-0.2, 0) is 11.1 Å². The third-order valence-corrected chi connectivity index (χ3v) is 2.97. The van der Waals surface area contributed by atoms with Crippen LogP contribution in [0.3, 0.4) is 0 Å². The van der Waals surface area contributed by atoms with Crippen LogP contribution in [0.4, 0.5) is 0 Å². The quantitative estimate of drug-likeness (QED) is 0.573. The van der Waals surface area contributed by atoms with Crippen molar-refractivity contribution >= 4 is 11.1 Å². The van der Waals surface area contributed by atoms with Gasteiger partial charge in [0, 0.05) is 4.90 Å². The minimum Gasteiger partial charge on any atom is -0.768 e. The average Bonchev–Trinajstić information content (AvgIpc) is 2.40. The molecule has 6 heteroatoms. The van der Waals surface area contributed by atoms with Gasteiger partial charge in [0.15, 0.2) is 0 Å². The molecule has 0 saturated heterocycles. The van der Waals surface area contributed by atoms with Crippen LogP contribution in [0.15, 0.2) is 53.4 Å². The number of hydrogen-bond donors (Lipinski definition) is 0. The van der Waals surface area contributed by atoms with E-state index in [4.69, 9.17) is 9.47 Å². The van der Waals surface area contributed by atoms with Gasteiger partial charge in [0.05, 0.1) is 7.11 Å². The van der Waals surface area contributed by atoms with Crippen molar-refractivity contribution in [3.63, 3.8) is 0 Å². The van der Waals surface area contributed by atoms with Gasteiger partial charge in [-0.05, 0) is 59.6 Å². The molecule has 0 spiro atoms. The average molecular weight is 286 g/mol. The third kappa shape index (κ3) is 4.63. The van der Waals surface area contributed by atoms with Crippen molar-refractivity contribution < 1.29 is 47.8 Å². The van der Waals surface area contributed by atoms with Gasteiger partial charge in [-0.25, -0.2) is 0 Å². The molecule has 1 atom stereocenters. The summed E-state index contributed by atoms with van der Waals surface area (Å²) >= 11 is -2.21. The summed E-state index contributed by atoms with van der Waals surface area (Å²) in [7, 11) is 1.59. The first-order chi connectivity index (χ1) is 8.69. The van der Waals surface area contributed by atoms with E-state index in [9.17, 15) is 8.76 Å². The van der Waals surface area contributed by atoms with Crippen molar-refractivity contribution in [1.82, 2.24) is 0 Å². The molecule has 4 nitrogen and oxygen atoms in total. The van der Waals surface area contributed by atoms with Crippen LogP contribution in [0.25, 0.3) is 0 Å². The van der Waals surface area contributed by atoms with Gasteiger partial charge in [0.25, 0.3) is 0 Å². The first-order valence-electron chi connectivity index (χ1n) is 5.20. The topological polar surface area (TPSA) is 58.6 Å². The van der Waals surface area contributed by atoms with Gasteiger partial charge in [0.1, 0.15) is 17.2 Å². The molecule has 0 radical (unpaired) electrons. The van der Waals surface area contributed by atoms with Crippen LogP contribution in [0.2, 0.25) is 0 Å². The van der Waals surface area contributed by atoms with Gasteiger partial charge < -0.3 is 14.0 Å². The molecule has 2 rings (SSSR count). The Morgan fingerprint density at radius 2 is 1.32 bits per heavy atom. The Morgan fingerprint density at radius 1 is 0.895 bits per heavy atom. The van der Waals surface area contributed by atoms with Crippen LogP contribution in [0.5, 0.6) is 17.2 Å². The van der Waals surface area contributed by atoms with Crippen LogP contribution in [-0.4, -0.2) is 15.9 Å². The van der Waals surface area contributed by atoms with Gasteiger partial charge in [-0.15, -0.1) is 0 Å². The zero-order valence-electron chi connectivity index (χ0n) is 10.7. The Morgan fingerprint density at radius 3 is 1.74 bits per heavy atom. The normalized spacial score (nSPS) is 11.3. The van der Waals surface area contributed by atoms with Crippen LogP contribution >= 0.6 is 0 Å². The van der Waals surface area contributed by atoms with E-state index in [2.05, 4.69) is 0 Å². The summed E-state index contributed by atoms with van der Waals surface area (Å²) in [6.45, 7) is 0. The predicted octanol–water partition coefficient (Wildman–Crippen LogP) is -0.271. The molecule has 1 unspecified atom stereocenters. The number of methoxy groups -OCH3 is 1. The summed E-state index contributed by atoms with van der Waals surface area (Å²) in [4.78, 5) is 0.233. The Kier molecular flexibility index (Phi) is 6.54. The Bertz CT molecular complexity index is 540. The second-order valence-corrected chi connectivity index (χ2v) is 4.42. The number of benzene rings is 2. The zero-order chi connectivity index (χ0) is 13.0. The van der Waals surface area contributed by atoms with Gasteiger partial charge in [-0.2, -0.15) is 0 Å². The van der Waals surface area contributed by atoms with Crippen molar-refractivity contribution in [3.05, 3.63) is 48.5 Å². The molecule has 2 aromatic rings. The monoisotopic (exact) mass is 286 g/mol. The molecule has 0 saturated carbocycles. The van der Waals surface area contributed by atoms with E-state index < -0.39 is 11.1 Å². The van der Waals surface area contributed by atoms with Crippen molar-refractivity contribution in [2.24, 2.45) is 0 Å². The summed E-state index contributed by atoms with van der Waals surface area (Å²) in [5, 5.41) is 0. The molecule has 94 valence electrons. The molecule has 0 aliphatic heterocycles. The first kappa shape index (κ1) is 16.2. The van der Waals surface area contributed by atoms with Crippen molar-refractivity contribution in [2.45, 2.75) is 4.90 Å². The first-order valence-corrected chi connectivity index (χ1v) is 6.28. The standard InChI is InChI=1S/C13H12O4S.Na/c1-16-10-2-4-11(5-3-10)17-12-6-8-13(9-7-12)18(14)15;/h2-9H,1H3,(H,14,15);/q;+1/p-1. The Hall–Kier alpha value is -0.850. The minimum absolute atomic E-state index is 0. The SMILES string of the molecule is COc1ccc(Oc2ccc(S(=O)[O-])cc2)cc1.[Na+]. The molecule has 0 aliphatic carbocycles. The molecule has 0 N–H and O–H groups in total. The summed E-state index contributed by atoms with van der Waals surface area (Å²) in [5.41, 5.74) is 0. The fraction of sp³-hybridized carbons (Fsp3) is 0.0769. The maximum Gasteiger partial charge on any atom is 1.00 e. The molecular weight excluding hydrogens is 275 g/mol. The van der Waals surface area contributed by atoms with Crippen molar-refractivity contribution in [3.8, 4) is 17.2 Å². The summed E-state index contributed by atoms with van der Waals surface area (Å²) in [6.07, 6.45) is 0. The maximum absolute atomic E-state index is 10.7. The summed E-state index contributed by atoms with van der Waals surface area (Å²) in [6, 6.07) is 13.3. The molecule has 2 aromatic carbocycles. The molecule has 19 heavy (non-hydrogen) atoms. The van der Waals surface area contributed by atoms with Gasteiger partial charge >= 0.3 is 29.6 Å². The van der Waals surface area contributed by atoms with E-state index in [1.807, 2.05) is 0 Å². The Labute approximate surface area is 136 Å². The largest absolute Gasteiger partial charge is 1.00 e. The fourth-order valence-corrected chi connectivity index (χ4v) is 1.76. The number of rotatable bonds is 4. The van der Waals surface area contributed by atoms with E-state index >= 15 is 0 Å². The zero-order valence-corrected chi connectivity index (χ0v) is 13.5. The molecule has 0 aromatic heterocycles. The van der Waals surface area contributed by atoms with Gasteiger partial charge in [0.2, 0.25) is 0 Å². The van der Waals surface area contributed by atoms with Crippen LogP contribution in [0, 0.1) is 0 Å². The summed E-state index contributed by atoms with van der Waals surface area (Å²) in [5.74, 6) is 1.99. The van der Waals surface area contributed by atoms with E-state index in [0.29, 0.717) is 11.5 Å². The van der Waals surface area contributed by atoms with Crippen molar-refractivity contribution in [2.75, 3.05) is 7.11 Å². The van der Waals surface area contributed by atoms with Crippen molar-refractivity contribution in [1.29, 1.82) is 0 Å². The van der Waals surface area contributed by atoms with E-state index in [-0.39, 0.29) is 34.5 Å². The second-order valence-electron chi connectivity index (χ2n) is 3.48. The minimum atomic E-state index is -2.21. The number of ether oxygens (including phenoxy) is 2. The maximum atomic E-state index is 10.7. The third-order valence-electron chi connectivity index (χ3n) is 2.31. The molecule has 0 fully saturated rings. The van der Waals surface area contributed by atoms with E-state index in [0.717, 1.165) is 5.75 Å². The molecular formula is C13H11NaO4S. The van der Waals surface area contributed by atoms with Crippen LogP contribution < -0.4 is 39.0 Å². The smallest absolute Gasteiger partial charge is 0.768 e. The number of hydrogen-bond acceptors (Lipinski definition) is 4. The van der Waals surface area contributed by atoms with E-state index in [1.54, 1.807) is 43.5 Å². The van der Waals surface area contributed by atoms with Gasteiger partial charge in [-0.1, -0.05) is 0 Å². The molecule has 0 heterocycles. The molecule has 0 aliphatic rings. The second kappa shape index (κ2) is 7.67. The molecule has 0 bridgehead atoms. The fourth-order valence-electron chi connectivity index (χ4n) is 1.40. The molecule has 0 amide bonds. The predicted molar refractivity (Wildman–Crippen MR) is 66.7 cm³/mol. The van der Waals surface area contributed by atoms with Gasteiger partial charge in [-0.3, -0.25) is 4.21 Å². The van der Waals surface area contributed by atoms with E-state index in [1.165, 1.54) is 12.1 Å². The summed E-state index contributed by atoms with van der Waals surface area (Å²) < 4.78 is 32.0.